The van der Waals surface area contributed by atoms with Crippen molar-refractivity contribution in [1.82, 2.24) is 14.9 Å². The molecule has 0 aliphatic carbocycles. The molecular formula is C20H21N3O2. The van der Waals surface area contributed by atoms with Gasteiger partial charge in [0, 0.05) is 42.1 Å². The first-order valence-corrected chi connectivity index (χ1v) is 8.55. The molecule has 0 saturated carbocycles. The Bertz CT molecular complexity index is 961. The Morgan fingerprint density at radius 1 is 1.24 bits per heavy atom. The molecular weight excluding hydrogens is 314 g/mol. The number of nitrogens with zero attached hydrogens (tertiary/aromatic N) is 2. The van der Waals surface area contributed by atoms with Gasteiger partial charge in [-0.05, 0) is 36.8 Å². The molecule has 0 atom stereocenters. The standard InChI is InChI=1S/C20H21N3O2/c1-14-8-15(6-7-22-14)9-21-10-16-11-23(17-12-25-13-17)19-5-3-2-4-18(19)20(16)24/h2-8,11,17,21H,9-10,12-13H2,1H3. The number of aryl methyl sites for hydroxylation is 1. The van der Waals surface area contributed by atoms with E-state index in [1.54, 1.807) is 0 Å². The van der Waals surface area contributed by atoms with Gasteiger partial charge in [-0.1, -0.05) is 12.1 Å². The van der Waals surface area contributed by atoms with Crippen LogP contribution < -0.4 is 10.7 Å². The lowest BCUT2D eigenvalue weighted by molar-refractivity contribution is -0.0217. The Kier molecular flexibility index (Phi) is 4.34. The van der Waals surface area contributed by atoms with Crippen molar-refractivity contribution in [1.29, 1.82) is 0 Å². The van der Waals surface area contributed by atoms with Crippen LogP contribution in [-0.2, 0) is 17.8 Å². The molecule has 2 aromatic heterocycles. The summed E-state index contributed by atoms with van der Waals surface area (Å²) in [6, 6.07) is 12.2. The van der Waals surface area contributed by atoms with Gasteiger partial charge in [0.25, 0.3) is 0 Å². The third-order valence-electron chi connectivity index (χ3n) is 4.63. The Morgan fingerprint density at radius 3 is 2.84 bits per heavy atom. The normalized spacial score (nSPS) is 14.6. The van der Waals surface area contributed by atoms with E-state index in [1.165, 1.54) is 5.56 Å². The molecule has 1 N–H and O–H groups in total. The van der Waals surface area contributed by atoms with Crippen molar-refractivity contribution < 1.29 is 4.74 Å². The fourth-order valence-electron chi connectivity index (χ4n) is 3.23. The van der Waals surface area contributed by atoms with Gasteiger partial charge < -0.3 is 14.6 Å². The number of para-hydroxylation sites is 1. The first-order valence-electron chi connectivity index (χ1n) is 8.55. The molecule has 1 aliphatic heterocycles. The van der Waals surface area contributed by atoms with Crippen molar-refractivity contribution in [3.05, 3.63) is 75.8 Å². The minimum atomic E-state index is 0.102. The summed E-state index contributed by atoms with van der Waals surface area (Å²) in [4.78, 5) is 17.0. The Hall–Kier alpha value is -2.50. The molecule has 1 aromatic carbocycles. The summed E-state index contributed by atoms with van der Waals surface area (Å²) in [5, 5.41) is 4.15. The zero-order valence-corrected chi connectivity index (χ0v) is 14.2. The number of hydrogen-bond acceptors (Lipinski definition) is 4. The summed E-state index contributed by atoms with van der Waals surface area (Å²) in [5.41, 5.74) is 4.04. The number of aromatic nitrogens is 2. The lowest BCUT2D eigenvalue weighted by atomic mass is 10.1. The van der Waals surface area contributed by atoms with Crippen molar-refractivity contribution in [2.75, 3.05) is 13.2 Å². The van der Waals surface area contributed by atoms with E-state index in [-0.39, 0.29) is 5.43 Å². The van der Waals surface area contributed by atoms with Crippen molar-refractivity contribution in [3.63, 3.8) is 0 Å². The molecule has 0 radical (unpaired) electrons. The number of rotatable bonds is 5. The van der Waals surface area contributed by atoms with E-state index in [0.717, 1.165) is 22.2 Å². The van der Waals surface area contributed by atoms with Crippen LogP contribution in [0.25, 0.3) is 10.9 Å². The van der Waals surface area contributed by atoms with Gasteiger partial charge in [0.2, 0.25) is 0 Å². The molecule has 0 amide bonds. The molecule has 1 fully saturated rings. The van der Waals surface area contributed by atoms with Crippen LogP contribution >= 0.6 is 0 Å². The molecule has 0 unspecified atom stereocenters. The van der Waals surface area contributed by atoms with E-state index in [2.05, 4.69) is 20.9 Å². The topological polar surface area (TPSA) is 56.2 Å². The average Bonchev–Trinajstić information content (AvgIpc) is 2.57. The highest BCUT2D eigenvalue weighted by atomic mass is 16.5. The summed E-state index contributed by atoms with van der Waals surface area (Å²) in [5.74, 6) is 0. The molecule has 1 aliphatic rings. The molecule has 3 heterocycles. The van der Waals surface area contributed by atoms with Crippen LogP contribution in [0.3, 0.4) is 0 Å². The maximum absolute atomic E-state index is 12.8. The second-order valence-corrected chi connectivity index (χ2v) is 6.51. The fourth-order valence-corrected chi connectivity index (χ4v) is 3.23. The van der Waals surface area contributed by atoms with E-state index in [1.807, 2.05) is 49.6 Å². The smallest absolute Gasteiger partial charge is 0.193 e. The van der Waals surface area contributed by atoms with Crippen LogP contribution in [0.5, 0.6) is 0 Å². The molecule has 25 heavy (non-hydrogen) atoms. The lowest BCUT2D eigenvalue weighted by Crippen LogP contribution is -2.32. The molecule has 0 spiro atoms. The van der Waals surface area contributed by atoms with Crippen LogP contribution in [0.1, 0.15) is 22.9 Å². The summed E-state index contributed by atoms with van der Waals surface area (Å²) in [6.45, 7) is 4.64. The number of fused-ring (bicyclic) bond motifs is 1. The number of hydrogen-bond donors (Lipinski definition) is 1. The maximum Gasteiger partial charge on any atom is 0.193 e. The van der Waals surface area contributed by atoms with Gasteiger partial charge in [0.1, 0.15) is 0 Å². The van der Waals surface area contributed by atoms with Gasteiger partial charge in [-0.2, -0.15) is 0 Å². The SMILES string of the molecule is Cc1cc(CNCc2cn(C3COC3)c3ccccc3c2=O)ccn1. The Labute approximate surface area is 146 Å². The molecule has 5 nitrogen and oxygen atoms in total. The van der Waals surface area contributed by atoms with Crippen LogP contribution in [-0.4, -0.2) is 22.8 Å². The second-order valence-electron chi connectivity index (χ2n) is 6.51. The van der Waals surface area contributed by atoms with Crippen molar-refractivity contribution in [2.45, 2.75) is 26.1 Å². The van der Waals surface area contributed by atoms with E-state index in [0.29, 0.717) is 32.3 Å². The van der Waals surface area contributed by atoms with Gasteiger partial charge in [0.15, 0.2) is 5.43 Å². The van der Waals surface area contributed by atoms with Crippen LogP contribution in [0.4, 0.5) is 0 Å². The third-order valence-corrected chi connectivity index (χ3v) is 4.63. The van der Waals surface area contributed by atoms with Crippen LogP contribution in [0.15, 0.2) is 53.6 Å². The fraction of sp³-hybridized carbons (Fsp3) is 0.300. The second kappa shape index (κ2) is 6.78. The maximum atomic E-state index is 12.8. The molecule has 3 aromatic rings. The van der Waals surface area contributed by atoms with Gasteiger partial charge in [-0.3, -0.25) is 9.78 Å². The summed E-state index contributed by atoms with van der Waals surface area (Å²) >= 11 is 0. The average molecular weight is 335 g/mol. The summed E-state index contributed by atoms with van der Waals surface area (Å²) in [7, 11) is 0. The van der Waals surface area contributed by atoms with Gasteiger partial charge in [0.05, 0.1) is 24.8 Å². The van der Waals surface area contributed by atoms with Crippen LogP contribution in [0, 0.1) is 6.92 Å². The largest absolute Gasteiger partial charge is 0.377 e. The lowest BCUT2D eigenvalue weighted by Gasteiger charge is -2.30. The van der Waals surface area contributed by atoms with Crippen molar-refractivity contribution in [3.8, 4) is 0 Å². The highest BCUT2D eigenvalue weighted by Gasteiger charge is 2.22. The monoisotopic (exact) mass is 335 g/mol. The summed E-state index contributed by atoms with van der Waals surface area (Å²) < 4.78 is 7.53. The van der Waals surface area contributed by atoms with Gasteiger partial charge in [-0.15, -0.1) is 0 Å². The first-order chi connectivity index (χ1) is 12.2. The molecule has 128 valence electrons. The minimum absolute atomic E-state index is 0.102. The van der Waals surface area contributed by atoms with Gasteiger partial charge >= 0.3 is 0 Å². The van der Waals surface area contributed by atoms with E-state index < -0.39 is 0 Å². The van der Waals surface area contributed by atoms with Crippen molar-refractivity contribution in [2.24, 2.45) is 0 Å². The Morgan fingerprint density at radius 2 is 2.08 bits per heavy atom. The zero-order valence-electron chi connectivity index (χ0n) is 14.2. The quantitative estimate of drug-likeness (QED) is 0.779. The minimum Gasteiger partial charge on any atom is -0.377 e. The molecule has 1 saturated heterocycles. The zero-order chi connectivity index (χ0) is 17.2. The number of ether oxygens (including phenoxy) is 1. The number of nitrogens with one attached hydrogen (secondary N) is 1. The van der Waals surface area contributed by atoms with E-state index in [4.69, 9.17) is 4.74 Å². The number of pyridine rings is 2. The van der Waals surface area contributed by atoms with Crippen LogP contribution in [0.2, 0.25) is 0 Å². The molecule has 5 heteroatoms. The third kappa shape index (κ3) is 3.21. The van der Waals surface area contributed by atoms with Crippen molar-refractivity contribution >= 4 is 10.9 Å². The van der Waals surface area contributed by atoms with E-state index >= 15 is 0 Å². The van der Waals surface area contributed by atoms with E-state index in [9.17, 15) is 4.79 Å². The molecule has 0 bridgehead atoms. The van der Waals surface area contributed by atoms with Gasteiger partial charge in [-0.25, -0.2) is 0 Å². The highest BCUT2D eigenvalue weighted by molar-refractivity contribution is 5.79. The predicted molar refractivity (Wildman–Crippen MR) is 97.6 cm³/mol. The first kappa shape index (κ1) is 16.0. The molecule has 4 rings (SSSR count). The summed E-state index contributed by atoms with van der Waals surface area (Å²) in [6.07, 6.45) is 3.80. The predicted octanol–water partition coefficient (Wildman–Crippen LogP) is 2.57. The number of benzene rings is 1. The Balaban J connectivity index is 1.60. The highest BCUT2D eigenvalue weighted by Crippen LogP contribution is 2.22.